The Bertz CT molecular complexity index is 808. The zero-order valence-electron chi connectivity index (χ0n) is 13.4. The van der Waals surface area contributed by atoms with E-state index >= 15 is 0 Å². The van der Waals surface area contributed by atoms with Gasteiger partial charge in [0, 0.05) is 17.8 Å². The Hall–Kier alpha value is -2.22. The van der Waals surface area contributed by atoms with Crippen molar-refractivity contribution in [3.05, 3.63) is 51.9 Å². The van der Waals surface area contributed by atoms with Gasteiger partial charge in [0.2, 0.25) is 5.91 Å². The predicted molar refractivity (Wildman–Crippen MR) is 89.3 cm³/mol. The second kappa shape index (κ2) is 7.57. The van der Waals surface area contributed by atoms with E-state index < -0.39 is 22.8 Å². The third-order valence-corrected chi connectivity index (χ3v) is 4.16. The normalized spacial score (nSPS) is 12.2. The lowest BCUT2D eigenvalue weighted by molar-refractivity contribution is -0.115. The standard InChI is InChI=1S/C16H17F2N3O2S/c1-8(2)13-7-14(22)21-16(20-13)24-9(3)15(23)19-10-4-5-11(17)12(18)6-10/h4-9H,1-3H3,(H,19,23)(H,20,21,22). The van der Waals surface area contributed by atoms with Crippen molar-refractivity contribution >= 4 is 23.4 Å². The van der Waals surface area contributed by atoms with Gasteiger partial charge in [-0.15, -0.1) is 0 Å². The second-order valence-electron chi connectivity index (χ2n) is 5.51. The molecular weight excluding hydrogens is 336 g/mol. The summed E-state index contributed by atoms with van der Waals surface area (Å²) in [6.45, 7) is 5.45. The maximum absolute atomic E-state index is 13.2. The van der Waals surface area contributed by atoms with Crippen molar-refractivity contribution in [2.24, 2.45) is 0 Å². The molecule has 5 nitrogen and oxygen atoms in total. The summed E-state index contributed by atoms with van der Waals surface area (Å²) < 4.78 is 26.1. The molecule has 1 amide bonds. The third-order valence-electron chi connectivity index (χ3n) is 3.18. The summed E-state index contributed by atoms with van der Waals surface area (Å²) in [5, 5.41) is 2.23. The number of aromatic amines is 1. The maximum Gasteiger partial charge on any atom is 0.251 e. The van der Waals surface area contributed by atoms with Gasteiger partial charge in [-0.2, -0.15) is 0 Å². The van der Waals surface area contributed by atoms with Crippen LogP contribution >= 0.6 is 11.8 Å². The highest BCUT2D eigenvalue weighted by Gasteiger charge is 2.17. The Labute approximate surface area is 141 Å². The number of halogens is 2. The molecule has 2 rings (SSSR count). The average molecular weight is 353 g/mol. The number of hydrogen-bond acceptors (Lipinski definition) is 4. The summed E-state index contributed by atoms with van der Waals surface area (Å²) in [4.78, 5) is 30.7. The van der Waals surface area contributed by atoms with Gasteiger partial charge >= 0.3 is 0 Å². The van der Waals surface area contributed by atoms with Crippen molar-refractivity contribution in [2.45, 2.75) is 37.1 Å². The molecule has 1 unspecified atom stereocenters. The summed E-state index contributed by atoms with van der Waals surface area (Å²) in [5.74, 6) is -2.35. The van der Waals surface area contributed by atoms with Crippen molar-refractivity contribution in [3.8, 4) is 0 Å². The Kier molecular flexibility index (Phi) is 5.71. The number of H-pyrrole nitrogens is 1. The molecule has 24 heavy (non-hydrogen) atoms. The number of amides is 1. The lowest BCUT2D eigenvalue weighted by Crippen LogP contribution is -2.23. The Balaban J connectivity index is 2.08. The van der Waals surface area contributed by atoms with Crippen LogP contribution in [0.25, 0.3) is 0 Å². The van der Waals surface area contributed by atoms with E-state index in [1.165, 1.54) is 12.1 Å². The molecule has 0 aliphatic heterocycles. The van der Waals surface area contributed by atoms with Crippen LogP contribution in [0.15, 0.2) is 34.2 Å². The van der Waals surface area contributed by atoms with Crippen molar-refractivity contribution in [3.63, 3.8) is 0 Å². The number of aromatic nitrogens is 2. The quantitative estimate of drug-likeness (QED) is 0.639. The zero-order valence-corrected chi connectivity index (χ0v) is 14.2. The van der Waals surface area contributed by atoms with Gasteiger partial charge in [0.15, 0.2) is 16.8 Å². The number of nitrogens with zero attached hydrogens (tertiary/aromatic N) is 1. The Morgan fingerprint density at radius 2 is 1.92 bits per heavy atom. The fourth-order valence-corrected chi connectivity index (χ4v) is 2.66. The van der Waals surface area contributed by atoms with Gasteiger partial charge in [-0.3, -0.25) is 9.59 Å². The first-order chi connectivity index (χ1) is 11.3. The number of carbonyl (C=O) groups excluding carboxylic acids is 1. The average Bonchev–Trinajstić information content (AvgIpc) is 2.50. The van der Waals surface area contributed by atoms with E-state index in [1.54, 1.807) is 6.92 Å². The summed E-state index contributed by atoms with van der Waals surface area (Å²) in [6, 6.07) is 4.53. The molecule has 0 fully saturated rings. The monoisotopic (exact) mass is 353 g/mol. The molecule has 0 aliphatic rings. The minimum Gasteiger partial charge on any atom is -0.325 e. The highest BCUT2D eigenvalue weighted by Crippen LogP contribution is 2.22. The van der Waals surface area contributed by atoms with Gasteiger partial charge < -0.3 is 10.3 Å². The van der Waals surface area contributed by atoms with Crippen LogP contribution in [-0.4, -0.2) is 21.1 Å². The lowest BCUT2D eigenvalue weighted by atomic mass is 10.1. The van der Waals surface area contributed by atoms with Crippen LogP contribution in [0.3, 0.4) is 0 Å². The topological polar surface area (TPSA) is 74.8 Å². The van der Waals surface area contributed by atoms with Gasteiger partial charge in [-0.05, 0) is 25.0 Å². The van der Waals surface area contributed by atoms with Crippen LogP contribution in [0.2, 0.25) is 0 Å². The molecule has 1 aromatic heterocycles. The van der Waals surface area contributed by atoms with Crippen molar-refractivity contribution in [1.82, 2.24) is 9.97 Å². The second-order valence-corrected chi connectivity index (χ2v) is 6.84. The largest absolute Gasteiger partial charge is 0.325 e. The van der Waals surface area contributed by atoms with Gasteiger partial charge in [0.25, 0.3) is 5.56 Å². The van der Waals surface area contributed by atoms with Gasteiger partial charge in [-0.25, -0.2) is 13.8 Å². The zero-order chi connectivity index (χ0) is 17.9. The number of hydrogen-bond donors (Lipinski definition) is 2. The molecule has 2 N–H and O–H groups in total. The first-order valence-corrected chi connectivity index (χ1v) is 8.18. The van der Waals surface area contributed by atoms with Crippen LogP contribution in [-0.2, 0) is 4.79 Å². The van der Waals surface area contributed by atoms with Crippen LogP contribution in [0, 0.1) is 11.6 Å². The molecule has 1 heterocycles. The minimum absolute atomic E-state index is 0.0815. The number of thioether (sulfide) groups is 1. The third kappa shape index (κ3) is 4.64. The SMILES string of the molecule is CC(Sc1nc(C(C)C)cc(=O)[nH]1)C(=O)Nc1ccc(F)c(F)c1. The predicted octanol–water partition coefficient (Wildman–Crippen LogP) is 3.29. The van der Waals surface area contributed by atoms with Crippen molar-refractivity contribution in [1.29, 1.82) is 0 Å². The molecule has 0 saturated heterocycles. The first-order valence-electron chi connectivity index (χ1n) is 7.30. The highest BCUT2D eigenvalue weighted by atomic mass is 32.2. The summed E-state index contributed by atoms with van der Waals surface area (Å²) >= 11 is 1.08. The van der Waals surface area contributed by atoms with E-state index in [1.807, 2.05) is 13.8 Å². The highest BCUT2D eigenvalue weighted by molar-refractivity contribution is 8.00. The Morgan fingerprint density at radius 3 is 2.54 bits per heavy atom. The van der Waals surface area contributed by atoms with E-state index in [4.69, 9.17) is 0 Å². The molecule has 8 heteroatoms. The molecule has 128 valence electrons. The molecule has 0 bridgehead atoms. The smallest absolute Gasteiger partial charge is 0.251 e. The van der Waals surface area contributed by atoms with E-state index in [9.17, 15) is 18.4 Å². The van der Waals surface area contributed by atoms with Gasteiger partial charge in [0.05, 0.1) is 10.9 Å². The van der Waals surface area contributed by atoms with Crippen molar-refractivity contribution < 1.29 is 13.6 Å². The molecule has 2 aromatic rings. The number of carbonyl (C=O) groups is 1. The molecular formula is C16H17F2N3O2S. The molecule has 0 radical (unpaired) electrons. The van der Waals surface area contributed by atoms with Crippen LogP contribution in [0.4, 0.5) is 14.5 Å². The van der Waals surface area contributed by atoms with Crippen LogP contribution in [0.1, 0.15) is 32.4 Å². The molecule has 0 spiro atoms. The van der Waals surface area contributed by atoms with E-state index in [2.05, 4.69) is 15.3 Å². The number of anilines is 1. The lowest BCUT2D eigenvalue weighted by Gasteiger charge is -2.12. The van der Waals surface area contributed by atoms with Crippen LogP contribution in [0.5, 0.6) is 0 Å². The molecule has 1 atom stereocenters. The Morgan fingerprint density at radius 1 is 1.21 bits per heavy atom. The van der Waals surface area contributed by atoms with Gasteiger partial charge in [-0.1, -0.05) is 25.6 Å². The molecule has 1 aromatic carbocycles. The van der Waals surface area contributed by atoms with Crippen molar-refractivity contribution in [2.75, 3.05) is 5.32 Å². The maximum atomic E-state index is 13.2. The summed E-state index contributed by atoms with van der Waals surface area (Å²) in [5.41, 5.74) is 0.502. The van der Waals surface area contributed by atoms with E-state index in [0.29, 0.717) is 10.9 Å². The number of nitrogens with one attached hydrogen (secondary N) is 2. The fourth-order valence-electron chi connectivity index (χ4n) is 1.84. The number of benzene rings is 1. The van der Waals surface area contributed by atoms with E-state index in [0.717, 1.165) is 23.9 Å². The minimum atomic E-state index is -1.04. The first kappa shape index (κ1) is 18.1. The van der Waals surface area contributed by atoms with Gasteiger partial charge in [0.1, 0.15) is 0 Å². The fraction of sp³-hybridized carbons (Fsp3) is 0.312. The van der Waals surface area contributed by atoms with Crippen LogP contribution < -0.4 is 10.9 Å². The number of rotatable bonds is 5. The summed E-state index contributed by atoms with van der Waals surface area (Å²) in [6.07, 6.45) is 0. The summed E-state index contributed by atoms with van der Waals surface area (Å²) in [7, 11) is 0. The molecule has 0 aliphatic carbocycles. The van der Waals surface area contributed by atoms with E-state index in [-0.39, 0.29) is 17.2 Å². The molecule has 0 saturated carbocycles.